The summed E-state index contributed by atoms with van der Waals surface area (Å²) in [5.74, 6) is -1.26. The average Bonchev–Trinajstić information content (AvgIpc) is 3.49. The molecule has 0 amide bonds. The number of pyridine rings is 1. The van der Waals surface area contributed by atoms with Gasteiger partial charge in [-0.25, -0.2) is 4.98 Å². The Morgan fingerprint density at radius 3 is 2.81 bits per heavy atom. The summed E-state index contributed by atoms with van der Waals surface area (Å²) < 4.78 is 21.7. The van der Waals surface area contributed by atoms with Crippen LogP contribution in [0.5, 0.6) is 0 Å². The number of carbonyl (C=O) groups excluding carboxylic acids is 2. The minimum absolute atomic E-state index is 0.0514. The fraction of sp³-hybridized carbons (Fsp3) is 0.105. The molecule has 158 valence electrons. The molecule has 4 rings (SSSR count). The van der Waals surface area contributed by atoms with E-state index in [0.717, 1.165) is 28.1 Å². The highest BCUT2D eigenvalue weighted by Gasteiger charge is 2.20. The molecule has 12 heteroatoms. The second-order valence-corrected chi connectivity index (χ2v) is 8.04. The second-order valence-electron chi connectivity index (χ2n) is 6.24. The van der Waals surface area contributed by atoms with Crippen molar-refractivity contribution in [2.24, 2.45) is 0 Å². The van der Waals surface area contributed by atoms with Gasteiger partial charge in [0.05, 0.1) is 29.3 Å². The predicted octanol–water partition coefficient (Wildman–Crippen LogP) is 3.05. The Hall–Kier alpha value is -3.57. The van der Waals surface area contributed by atoms with Gasteiger partial charge in [0.2, 0.25) is 5.76 Å². The molecule has 0 spiro atoms. The number of oxazole rings is 1. The Bertz CT molecular complexity index is 1310. The van der Waals surface area contributed by atoms with Crippen LogP contribution in [0.4, 0.5) is 10.2 Å². The molecule has 0 saturated carbocycles. The van der Waals surface area contributed by atoms with Crippen LogP contribution in [0.25, 0.3) is 11.3 Å². The molecule has 1 N–H and O–H groups in total. The molecule has 0 bridgehead atoms. The molecule has 31 heavy (non-hydrogen) atoms. The number of anilines is 1. The van der Waals surface area contributed by atoms with Crippen molar-refractivity contribution in [3.63, 3.8) is 0 Å². The van der Waals surface area contributed by atoms with Crippen molar-refractivity contribution in [3.05, 3.63) is 74.2 Å². The van der Waals surface area contributed by atoms with Crippen LogP contribution < -0.4 is 10.9 Å². The van der Waals surface area contributed by atoms with Gasteiger partial charge in [0, 0.05) is 28.6 Å². The first-order chi connectivity index (χ1) is 15.0. The topological polar surface area (TPSA) is 112 Å². The van der Waals surface area contributed by atoms with E-state index in [4.69, 9.17) is 16.0 Å². The number of aldehydes is 1. The quantitative estimate of drug-likeness (QED) is 0.332. The van der Waals surface area contributed by atoms with Crippen molar-refractivity contribution in [1.29, 1.82) is 0 Å². The van der Waals surface area contributed by atoms with Gasteiger partial charge in [0.25, 0.3) is 5.56 Å². The molecule has 4 aromatic rings. The molecular formula is C19H13ClFN5O4S. The molecule has 0 aliphatic heterocycles. The normalized spacial score (nSPS) is 10.9. The number of hydrogen-bond acceptors (Lipinski definition) is 8. The van der Waals surface area contributed by atoms with E-state index in [1.165, 1.54) is 23.6 Å². The molecule has 0 atom stereocenters. The smallest absolute Gasteiger partial charge is 0.317 e. The van der Waals surface area contributed by atoms with Gasteiger partial charge in [0.15, 0.2) is 12.3 Å². The van der Waals surface area contributed by atoms with Crippen LogP contribution in [-0.2, 0) is 17.9 Å². The molecule has 0 aromatic carbocycles. The van der Waals surface area contributed by atoms with Gasteiger partial charge in [-0.05, 0) is 12.1 Å². The third-order valence-corrected chi connectivity index (χ3v) is 5.48. The monoisotopic (exact) mass is 461 g/mol. The van der Waals surface area contributed by atoms with Crippen LogP contribution in [0, 0.1) is 5.95 Å². The molecular weight excluding hydrogens is 449 g/mol. The summed E-state index contributed by atoms with van der Waals surface area (Å²) in [6.45, 7) is -0.0545. The zero-order chi connectivity index (χ0) is 22.0. The first kappa shape index (κ1) is 20.7. The van der Waals surface area contributed by atoms with Gasteiger partial charge in [-0.1, -0.05) is 11.6 Å². The minimum Gasteiger partial charge on any atom is -0.438 e. The highest BCUT2D eigenvalue weighted by Crippen LogP contribution is 2.25. The fourth-order valence-corrected chi connectivity index (χ4v) is 3.84. The fourth-order valence-electron chi connectivity index (χ4n) is 2.82. The van der Waals surface area contributed by atoms with Gasteiger partial charge in [0.1, 0.15) is 12.1 Å². The van der Waals surface area contributed by atoms with E-state index in [-0.39, 0.29) is 17.0 Å². The number of halogens is 2. The van der Waals surface area contributed by atoms with E-state index in [0.29, 0.717) is 27.6 Å². The van der Waals surface area contributed by atoms with Gasteiger partial charge < -0.3 is 14.5 Å². The van der Waals surface area contributed by atoms with Crippen molar-refractivity contribution < 1.29 is 18.4 Å². The molecule has 0 radical (unpaired) electrons. The van der Waals surface area contributed by atoms with Crippen LogP contribution in [0.2, 0.25) is 4.34 Å². The Balaban J connectivity index is 1.73. The lowest BCUT2D eigenvalue weighted by molar-refractivity contribution is -0.108. The van der Waals surface area contributed by atoms with Gasteiger partial charge in [-0.15, -0.1) is 11.3 Å². The summed E-state index contributed by atoms with van der Waals surface area (Å²) in [7, 11) is 0. The van der Waals surface area contributed by atoms with Gasteiger partial charge in [-0.2, -0.15) is 14.2 Å². The maximum atomic E-state index is 14.3. The summed E-state index contributed by atoms with van der Waals surface area (Å²) in [5.41, 5.74) is -0.384. The first-order valence-electron chi connectivity index (χ1n) is 8.82. The summed E-state index contributed by atoms with van der Waals surface area (Å²) in [6, 6.07) is 7.30. The van der Waals surface area contributed by atoms with Crippen LogP contribution >= 0.6 is 22.9 Å². The van der Waals surface area contributed by atoms with E-state index in [2.05, 4.69) is 15.4 Å². The van der Waals surface area contributed by atoms with Gasteiger partial charge >= 0.3 is 5.91 Å². The van der Waals surface area contributed by atoms with Crippen LogP contribution in [-0.4, -0.2) is 31.5 Å². The third kappa shape index (κ3) is 4.32. The second kappa shape index (κ2) is 8.66. The first-order valence-corrected chi connectivity index (χ1v) is 10.0. The number of carbonyl (C=O) groups is 2. The summed E-state index contributed by atoms with van der Waals surface area (Å²) in [6.07, 6.45) is 2.78. The number of thiophene rings is 1. The van der Waals surface area contributed by atoms with Crippen molar-refractivity contribution in [3.8, 4) is 11.3 Å². The van der Waals surface area contributed by atoms with E-state index < -0.39 is 24.0 Å². The minimum atomic E-state index is -0.895. The number of nitrogens with one attached hydrogen (secondary N) is 1. The Labute approximate surface area is 182 Å². The number of rotatable bonds is 7. The molecule has 9 nitrogen and oxygen atoms in total. The Morgan fingerprint density at radius 2 is 2.16 bits per heavy atom. The van der Waals surface area contributed by atoms with Crippen LogP contribution in [0.3, 0.4) is 0 Å². The lowest BCUT2D eigenvalue weighted by Gasteiger charge is -2.06. The van der Waals surface area contributed by atoms with E-state index in [1.54, 1.807) is 6.07 Å². The number of nitrogens with zero attached hydrogens (tertiary/aromatic N) is 4. The third-order valence-electron chi connectivity index (χ3n) is 4.25. The summed E-state index contributed by atoms with van der Waals surface area (Å²) >= 11 is 7.32. The standard InChI is InChI=1S/C19H13ClFN5O4S/c20-15-2-1-12(31-15)8-23-17-7-13(24-26(17)19(29)14-9-22-10-30-14)11-5-16(21)25(3-4-27)18(28)6-11/h1-2,4-7,9-10,23H,3,8H2. The van der Waals surface area contributed by atoms with E-state index in [9.17, 15) is 18.8 Å². The molecule has 0 unspecified atom stereocenters. The molecule has 0 saturated heterocycles. The number of aromatic nitrogens is 4. The molecule has 0 aliphatic rings. The molecule has 4 aromatic heterocycles. The lowest BCUT2D eigenvalue weighted by Crippen LogP contribution is -2.23. The molecule has 4 heterocycles. The molecule has 0 aliphatic carbocycles. The molecule has 0 fully saturated rings. The predicted molar refractivity (Wildman–Crippen MR) is 111 cm³/mol. The maximum Gasteiger partial charge on any atom is 0.317 e. The van der Waals surface area contributed by atoms with Crippen LogP contribution in [0.1, 0.15) is 15.4 Å². The van der Waals surface area contributed by atoms with Gasteiger partial charge in [-0.3, -0.25) is 14.2 Å². The lowest BCUT2D eigenvalue weighted by atomic mass is 10.2. The Kier molecular flexibility index (Phi) is 5.78. The largest absolute Gasteiger partial charge is 0.438 e. The average molecular weight is 462 g/mol. The Morgan fingerprint density at radius 1 is 1.32 bits per heavy atom. The summed E-state index contributed by atoms with van der Waals surface area (Å²) in [4.78, 5) is 40.2. The van der Waals surface area contributed by atoms with Crippen molar-refractivity contribution >= 4 is 40.9 Å². The number of hydrogen-bond donors (Lipinski definition) is 1. The zero-order valence-corrected chi connectivity index (χ0v) is 17.2. The van der Waals surface area contributed by atoms with Crippen molar-refractivity contribution in [2.75, 3.05) is 5.32 Å². The highest BCUT2D eigenvalue weighted by atomic mass is 35.5. The highest BCUT2D eigenvalue weighted by molar-refractivity contribution is 7.16. The van der Waals surface area contributed by atoms with E-state index >= 15 is 0 Å². The van der Waals surface area contributed by atoms with Crippen LogP contribution in [0.15, 0.2) is 52.1 Å². The van der Waals surface area contributed by atoms with Crippen molar-refractivity contribution in [2.45, 2.75) is 13.1 Å². The van der Waals surface area contributed by atoms with Crippen molar-refractivity contribution in [1.82, 2.24) is 19.3 Å². The SMILES string of the molecule is O=CCn1c(F)cc(-c2cc(NCc3ccc(Cl)s3)n(C(=O)c3cnco3)n2)cc1=O. The maximum absolute atomic E-state index is 14.3. The summed E-state index contributed by atoms with van der Waals surface area (Å²) in [5, 5.41) is 7.30. The zero-order valence-electron chi connectivity index (χ0n) is 15.6. The van der Waals surface area contributed by atoms with E-state index in [1.807, 2.05) is 6.07 Å².